The number of hydrogen-bond donors (Lipinski definition) is 2. The average Bonchev–Trinajstić information content (AvgIpc) is 2.23. The summed E-state index contributed by atoms with van der Waals surface area (Å²) < 4.78 is 5.68. The number of hydrogen-bond acceptors (Lipinski definition) is 3. The Hall–Kier alpha value is -1.71. The molecule has 4 heteroatoms. The molecule has 0 aliphatic heterocycles. The summed E-state index contributed by atoms with van der Waals surface area (Å²) in [5.41, 5.74) is 6.14. The molecule has 1 aromatic carbocycles. The Balaban J connectivity index is 2.03. The summed E-state index contributed by atoms with van der Waals surface area (Å²) in [4.78, 5) is 0. The monoisotopic (exact) mass is 206 g/mol. The zero-order valence-electron chi connectivity index (χ0n) is 8.39. The van der Waals surface area contributed by atoms with Crippen LogP contribution in [0.3, 0.4) is 0 Å². The van der Waals surface area contributed by atoms with Crippen molar-refractivity contribution in [3.8, 4) is 5.75 Å². The van der Waals surface area contributed by atoms with Gasteiger partial charge in [-0.05, 0) is 43.5 Å². The van der Waals surface area contributed by atoms with Gasteiger partial charge in [0.05, 0.1) is 6.10 Å². The van der Waals surface area contributed by atoms with Crippen LogP contribution in [0.2, 0.25) is 0 Å². The largest absolute Gasteiger partial charge is 0.490 e. The Morgan fingerprint density at radius 3 is 2.47 bits per heavy atom. The average molecular weight is 206 g/mol. The van der Waals surface area contributed by atoms with E-state index in [9.17, 15) is 0 Å². The van der Waals surface area contributed by atoms with E-state index in [1.54, 1.807) is 12.1 Å². The molecule has 4 nitrogen and oxygen atoms in total. The first-order valence-electron chi connectivity index (χ1n) is 5.04. The van der Waals surface area contributed by atoms with Crippen LogP contribution < -0.4 is 10.5 Å². The molecular weight excluding hydrogens is 192 g/mol. The minimum atomic E-state index is 0.116. The molecule has 0 bridgehead atoms. The molecule has 0 saturated heterocycles. The van der Waals surface area contributed by atoms with E-state index >= 15 is 0 Å². The molecular formula is C11H14N2O2. The molecule has 0 atom stereocenters. The first kappa shape index (κ1) is 9.83. The van der Waals surface area contributed by atoms with E-state index in [0.29, 0.717) is 11.7 Å². The number of benzene rings is 1. The van der Waals surface area contributed by atoms with Crippen molar-refractivity contribution < 1.29 is 9.94 Å². The number of ether oxygens (including phenoxy) is 1. The summed E-state index contributed by atoms with van der Waals surface area (Å²) >= 11 is 0. The zero-order valence-corrected chi connectivity index (χ0v) is 8.39. The summed E-state index contributed by atoms with van der Waals surface area (Å²) in [5, 5.41) is 11.4. The minimum absolute atomic E-state index is 0.116. The number of nitrogens with zero attached hydrogens (tertiary/aromatic N) is 1. The molecule has 1 fully saturated rings. The second-order valence-corrected chi connectivity index (χ2v) is 3.68. The van der Waals surface area contributed by atoms with Gasteiger partial charge in [-0.1, -0.05) is 5.16 Å². The second-order valence-electron chi connectivity index (χ2n) is 3.68. The van der Waals surface area contributed by atoms with Crippen molar-refractivity contribution in [1.82, 2.24) is 0 Å². The molecule has 0 radical (unpaired) electrons. The Kier molecular flexibility index (Phi) is 2.76. The molecule has 0 heterocycles. The van der Waals surface area contributed by atoms with Gasteiger partial charge in [0, 0.05) is 5.56 Å². The Morgan fingerprint density at radius 1 is 1.33 bits per heavy atom. The first-order valence-corrected chi connectivity index (χ1v) is 5.04. The summed E-state index contributed by atoms with van der Waals surface area (Å²) in [6.45, 7) is 0. The predicted octanol–water partition coefficient (Wildman–Crippen LogP) is 1.71. The molecule has 0 spiro atoms. The molecule has 0 amide bonds. The maximum Gasteiger partial charge on any atom is 0.170 e. The van der Waals surface area contributed by atoms with Crippen molar-refractivity contribution in [2.24, 2.45) is 10.9 Å². The third-order valence-electron chi connectivity index (χ3n) is 2.61. The van der Waals surface area contributed by atoms with Crippen molar-refractivity contribution in [2.75, 3.05) is 0 Å². The smallest absolute Gasteiger partial charge is 0.170 e. The molecule has 1 aromatic rings. The molecule has 1 aliphatic carbocycles. The minimum Gasteiger partial charge on any atom is -0.490 e. The fraction of sp³-hybridized carbons (Fsp3) is 0.364. The van der Waals surface area contributed by atoms with Crippen LogP contribution in [0.1, 0.15) is 24.8 Å². The molecule has 0 aromatic heterocycles. The number of nitrogens with two attached hydrogens (primary N) is 1. The van der Waals surface area contributed by atoms with Crippen LogP contribution in [0.15, 0.2) is 29.4 Å². The molecule has 80 valence electrons. The topological polar surface area (TPSA) is 67.8 Å². The molecule has 2 rings (SSSR count). The van der Waals surface area contributed by atoms with Crippen molar-refractivity contribution in [2.45, 2.75) is 25.4 Å². The van der Waals surface area contributed by atoms with Crippen LogP contribution in [0.4, 0.5) is 0 Å². The van der Waals surface area contributed by atoms with E-state index < -0.39 is 0 Å². The third kappa shape index (κ3) is 2.21. The Morgan fingerprint density at radius 2 is 2.00 bits per heavy atom. The predicted molar refractivity (Wildman–Crippen MR) is 57.2 cm³/mol. The Labute approximate surface area is 88.3 Å². The SMILES string of the molecule is NC(=NO)c1ccc(OC2CCC2)cc1. The fourth-order valence-electron chi connectivity index (χ4n) is 1.44. The standard InChI is InChI=1S/C11H14N2O2/c12-11(13-14)8-4-6-10(7-5-8)15-9-2-1-3-9/h4-7,9,14H,1-3H2,(H2,12,13). The van der Waals surface area contributed by atoms with Gasteiger partial charge in [-0.2, -0.15) is 0 Å². The molecule has 0 unspecified atom stereocenters. The lowest BCUT2D eigenvalue weighted by molar-refractivity contribution is 0.120. The quantitative estimate of drug-likeness (QED) is 0.342. The van der Waals surface area contributed by atoms with E-state index in [2.05, 4.69) is 5.16 Å². The van der Waals surface area contributed by atoms with Crippen LogP contribution in [-0.2, 0) is 0 Å². The van der Waals surface area contributed by atoms with Gasteiger partial charge in [0.1, 0.15) is 5.75 Å². The van der Waals surface area contributed by atoms with Gasteiger partial charge in [0.15, 0.2) is 5.84 Å². The van der Waals surface area contributed by atoms with Crippen LogP contribution in [0.5, 0.6) is 5.75 Å². The van der Waals surface area contributed by atoms with Gasteiger partial charge in [-0.25, -0.2) is 0 Å². The second kappa shape index (κ2) is 4.21. The molecule has 3 N–H and O–H groups in total. The summed E-state index contributed by atoms with van der Waals surface area (Å²) in [5.74, 6) is 0.958. The van der Waals surface area contributed by atoms with Crippen LogP contribution in [0, 0.1) is 0 Å². The van der Waals surface area contributed by atoms with E-state index in [1.165, 1.54) is 6.42 Å². The number of amidine groups is 1. The third-order valence-corrected chi connectivity index (χ3v) is 2.61. The fourth-order valence-corrected chi connectivity index (χ4v) is 1.44. The van der Waals surface area contributed by atoms with Crippen molar-refractivity contribution >= 4 is 5.84 Å². The van der Waals surface area contributed by atoms with Crippen molar-refractivity contribution in [1.29, 1.82) is 0 Å². The van der Waals surface area contributed by atoms with Crippen LogP contribution >= 0.6 is 0 Å². The zero-order chi connectivity index (χ0) is 10.7. The van der Waals surface area contributed by atoms with E-state index in [0.717, 1.165) is 18.6 Å². The lowest BCUT2D eigenvalue weighted by Gasteiger charge is -2.26. The maximum absolute atomic E-state index is 8.48. The lowest BCUT2D eigenvalue weighted by atomic mass is 9.96. The van der Waals surface area contributed by atoms with Gasteiger partial charge in [0.2, 0.25) is 0 Å². The normalized spacial score (nSPS) is 17.2. The number of oxime groups is 1. The molecule has 1 aliphatic rings. The Bertz CT molecular complexity index is 355. The van der Waals surface area contributed by atoms with E-state index in [-0.39, 0.29) is 5.84 Å². The van der Waals surface area contributed by atoms with Crippen molar-refractivity contribution in [3.05, 3.63) is 29.8 Å². The van der Waals surface area contributed by atoms with Gasteiger partial charge in [-0.3, -0.25) is 0 Å². The van der Waals surface area contributed by atoms with Gasteiger partial charge < -0.3 is 15.7 Å². The first-order chi connectivity index (χ1) is 7.29. The highest BCUT2D eigenvalue weighted by atomic mass is 16.5. The van der Waals surface area contributed by atoms with Gasteiger partial charge >= 0.3 is 0 Å². The van der Waals surface area contributed by atoms with Crippen LogP contribution in [-0.4, -0.2) is 17.1 Å². The van der Waals surface area contributed by atoms with Crippen LogP contribution in [0.25, 0.3) is 0 Å². The van der Waals surface area contributed by atoms with E-state index in [1.807, 2.05) is 12.1 Å². The summed E-state index contributed by atoms with van der Waals surface area (Å²) in [6, 6.07) is 7.24. The lowest BCUT2D eigenvalue weighted by Crippen LogP contribution is -2.24. The summed E-state index contributed by atoms with van der Waals surface area (Å²) in [6.07, 6.45) is 3.91. The maximum atomic E-state index is 8.48. The highest BCUT2D eigenvalue weighted by Gasteiger charge is 2.18. The highest BCUT2D eigenvalue weighted by molar-refractivity contribution is 5.97. The van der Waals surface area contributed by atoms with Crippen molar-refractivity contribution in [3.63, 3.8) is 0 Å². The molecule has 1 saturated carbocycles. The number of rotatable bonds is 3. The van der Waals surface area contributed by atoms with Gasteiger partial charge in [-0.15, -0.1) is 0 Å². The summed E-state index contributed by atoms with van der Waals surface area (Å²) in [7, 11) is 0. The van der Waals surface area contributed by atoms with E-state index in [4.69, 9.17) is 15.7 Å². The highest BCUT2D eigenvalue weighted by Crippen LogP contribution is 2.25. The van der Waals surface area contributed by atoms with Gasteiger partial charge in [0.25, 0.3) is 0 Å². The molecule has 15 heavy (non-hydrogen) atoms.